The molecule has 0 spiro atoms. The number of hydrogen-bond acceptors (Lipinski definition) is 3. The summed E-state index contributed by atoms with van der Waals surface area (Å²) >= 11 is 0. The van der Waals surface area contributed by atoms with Crippen LogP contribution in [0.15, 0.2) is 36.5 Å². The molecule has 0 radical (unpaired) electrons. The molecule has 1 aliphatic carbocycles. The topological polar surface area (TPSA) is 84.2 Å². The van der Waals surface area contributed by atoms with E-state index in [1.54, 1.807) is 6.20 Å². The lowest BCUT2D eigenvalue weighted by atomic mass is 10.1. The third kappa shape index (κ3) is 3.79. The molecule has 0 aliphatic heterocycles. The van der Waals surface area contributed by atoms with Gasteiger partial charge in [-0.1, -0.05) is 56.5 Å². The van der Waals surface area contributed by atoms with Gasteiger partial charge in [0.15, 0.2) is 0 Å². The zero-order chi connectivity index (χ0) is 18.5. The number of carbonyl (C=O) groups excluding carboxylic acids is 1. The number of hydrogen-bond donors (Lipinski definition) is 2. The van der Waals surface area contributed by atoms with Gasteiger partial charge in [0.25, 0.3) is 5.91 Å². The van der Waals surface area contributed by atoms with Crippen LogP contribution in [0.1, 0.15) is 61.8 Å². The predicted molar refractivity (Wildman–Crippen MR) is 99.0 cm³/mol. The van der Waals surface area contributed by atoms with Gasteiger partial charge in [-0.2, -0.15) is 5.10 Å². The summed E-state index contributed by atoms with van der Waals surface area (Å²) in [5, 5.41) is 16.5. The molecule has 2 aromatic rings. The zero-order valence-corrected chi connectivity index (χ0v) is 15.0. The largest absolute Gasteiger partial charge is 0.480 e. The lowest BCUT2D eigenvalue weighted by molar-refractivity contribution is -0.139. The van der Waals surface area contributed by atoms with Crippen LogP contribution in [0.25, 0.3) is 11.3 Å². The van der Waals surface area contributed by atoms with E-state index in [0.29, 0.717) is 18.4 Å². The molecule has 2 N–H and O–H groups in total. The van der Waals surface area contributed by atoms with Gasteiger partial charge in [-0.15, -0.1) is 0 Å². The van der Waals surface area contributed by atoms with E-state index < -0.39 is 12.0 Å². The van der Waals surface area contributed by atoms with Gasteiger partial charge in [0.1, 0.15) is 6.04 Å². The Hall–Kier alpha value is -2.63. The SMILES string of the molecule is CCCC(NC(=O)c1cnn(C2CCCC2)c1-c1ccccc1)C(=O)O. The molecule has 1 saturated carbocycles. The molecule has 1 amide bonds. The second-order valence-corrected chi connectivity index (χ2v) is 6.81. The minimum Gasteiger partial charge on any atom is -0.480 e. The van der Waals surface area contributed by atoms with E-state index >= 15 is 0 Å². The maximum absolute atomic E-state index is 12.8. The molecule has 1 unspecified atom stereocenters. The second-order valence-electron chi connectivity index (χ2n) is 6.81. The first-order valence-corrected chi connectivity index (χ1v) is 9.28. The van der Waals surface area contributed by atoms with E-state index in [4.69, 9.17) is 0 Å². The third-order valence-electron chi connectivity index (χ3n) is 4.94. The molecule has 3 rings (SSSR count). The molecule has 1 aliphatic rings. The summed E-state index contributed by atoms with van der Waals surface area (Å²) in [6, 6.07) is 9.12. The standard InChI is InChI=1S/C20H25N3O3/c1-2-8-17(20(25)26)22-19(24)16-13-21-23(15-11-6-7-12-15)18(16)14-9-4-3-5-10-14/h3-5,9-10,13,15,17H,2,6-8,11-12H2,1H3,(H,22,24)(H,25,26). The van der Waals surface area contributed by atoms with Gasteiger partial charge >= 0.3 is 5.97 Å². The van der Waals surface area contributed by atoms with Gasteiger partial charge in [-0.05, 0) is 19.3 Å². The Bertz CT molecular complexity index is 764. The molecule has 26 heavy (non-hydrogen) atoms. The van der Waals surface area contributed by atoms with Gasteiger partial charge in [-0.25, -0.2) is 4.79 Å². The van der Waals surface area contributed by atoms with Crippen molar-refractivity contribution in [1.82, 2.24) is 15.1 Å². The Morgan fingerprint density at radius 3 is 2.58 bits per heavy atom. The number of aliphatic carboxylic acids is 1. The predicted octanol–water partition coefficient (Wildman–Crippen LogP) is 3.65. The minimum absolute atomic E-state index is 0.290. The van der Waals surface area contributed by atoms with Crippen LogP contribution in [0.5, 0.6) is 0 Å². The lowest BCUT2D eigenvalue weighted by Crippen LogP contribution is -2.40. The number of amides is 1. The number of carbonyl (C=O) groups is 2. The van der Waals surface area contributed by atoms with E-state index in [-0.39, 0.29) is 11.9 Å². The van der Waals surface area contributed by atoms with Crippen molar-refractivity contribution in [3.63, 3.8) is 0 Å². The highest BCUT2D eigenvalue weighted by Gasteiger charge is 2.27. The number of nitrogens with one attached hydrogen (secondary N) is 1. The molecule has 1 heterocycles. The van der Waals surface area contributed by atoms with Crippen molar-refractivity contribution in [2.45, 2.75) is 57.5 Å². The quantitative estimate of drug-likeness (QED) is 0.794. The Morgan fingerprint density at radius 2 is 1.96 bits per heavy atom. The van der Waals surface area contributed by atoms with E-state index in [1.165, 1.54) is 0 Å². The zero-order valence-electron chi connectivity index (χ0n) is 15.0. The van der Waals surface area contributed by atoms with Crippen molar-refractivity contribution in [3.05, 3.63) is 42.1 Å². The van der Waals surface area contributed by atoms with Crippen LogP contribution in [-0.2, 0) is 4.79 Å². The first-order chi connectivity index (χ1) is 12.6. The van der Waals surface area contributed by atoms with Gasteiger partial charge < -0.3 is 10.4 Å². The summed E-state index contributed by atoms with van der Waals surface area (Å²) < 4.78 is 1.95. The van der Waals surface area contributed by atoms with Crippen molar-refractivity contribution >= 4 is 11.9 Å². The van der Waals surface area contributed by atoms with E-state index in [0.717, 1.165) is 36.9 Å². The molecule has 1 atom stereocenters. The Kier molecular flexibility index (Phi) is 5.71. The molecule has 0 bridgehead atoms. The van der Waals surface area contributed by atoms with Crippen LogP contribution in [0.3, 0.4) is 0 Å². The molecule has 6 heteroatoms. The van der Waals surface area contributed by atoms with Crippen molar-refractivity contribution in [1.29, 1.82) is 0 Å². The van der Waals surface area contributed by atoms with Crippen molar-refractivity contribution < 1.29 is 14.7 Å². The summed E-state index contributed by atoms with van der Waals surface area (Å²) in [6.45, 7) is 1.90. The van der Waals surface area contributed by atoms with E-state index in [2.05, 4.69) is 10.4 Å². The summed E-state index contributed by atoms with van der Waals surface area (Å²) in [4.78, 5) is 24.2. The smallest absolute Gasteiger partial charge is 0.326 e. The number of benzene rings is 1. The van der Waals surface area contributed by atoms with E-state index in [1.807, 2.05) is 41.9 Å². The van der Waals surface area contributed by atoms with Gasteiger partial charge in [0.2, 0.25) is 0 Å². The van der Waals surface area contributed by atoms with Crippen LogP contribution in [0.4, 0.5) is 0 Å². The van der Waals surface area contributed by atoms with Gasteiger partial charge in [0, 0.05) is 5.56 Å². The summed E-state index contributed by atoms with van der Waals surface area (Å²) in [6.07, 6.45) is 7.09. The summed E-state index contributed by atoms with van der Waals surface area (Å²) in [5.74, 6) is -1.39. The summed E-state index contributed by atoms with van der Waals surface area (Å²) in [7, 11) is 0. The van der Waals surface area contributed by atoms with Crippen molar-refractivity contribution in [2.24, 2.45) is 0 Å². The number of aromatic nitrogens is 2. The minimum atomic E-state index is -1.01. The fourth-order valence-corrected chi connectivity index (χ4v) is 3.62. The van der Waals surface area contributed by atoms with Crippen molar-refractivity contribution in [3.8, 4) is 11.3 Å². The number of rotatable bonds is 7. The van der Waals surface area contributed by atoms with Crippen LogP contribution < -0.4 is 5.32 Å². The summed E-state index contributed by atoms with van der Waals surface area (Å²) in [5.41, 5.74) is 2.13. The first kappa shape index (κ1) is 18.2. The van der Waals surface area contributed by atoms with Gasteiger partial charge in [0.05, 0.1) is 23.5 Å². The van der Waals surface area contributed by atoms with Crippen LogP contribution in [0.2, 0.25) is 0 Å². The molecule has 1 aromatic heterocycles. The van der Waals surface area contributed by atoms with Crippen molar-refractivity contribution in [2.75, 3.05) is 0 Å². The van der Waals surface area contributed by atoms with Crippen LogP contribution >= 0.6 is 0 Å². The van der Waals surface area contributed by atoms with E-state index in [9.17, 15) is 14.7 Å². The average molecular weight is 355 g/mol. The number of carboxylic acid groups (broad SMARTS) is 1. The molecule has 1 aromatic carbocycles. The molecular weight excluding hydrogens is 330 g/mol. The number of carboxylic acids is 1. The Labute approximate surface area is 153 Å². The first-order valence-electron chi connectivity index (χ1n) is 9.28. The fourth-order valence-electron chi connectivity index (χ4n) is 3.62. The highest BCUT2D eigenvalue weighted by molar-refractivity contribution is 6.01. The highest BCUT2D eigenvalue weighted by Crippen LogP contribution is 2.34. The molecule has 6 nitrogen and oxygen atoms in total. The molecule has 138 valence electrons. The lowest BCUT2D eigenvalue weighted by Gasteiger charge is -2.17. The molecule has 1 fully saturated rings. The third-order valence-corrected chi connectivity index (χ3v) is 4.94. The maximum Gasteiger partial charge on any atom is 0.326 e. The molecular formula is C20H25N3O3. The second kappa shape index (κ2) is 8.17. The maximum atomic E-state index is 12.8. The number of nitrogens with zero attached hydrogens (tertiary/aromatic N) is 2. The van der Waals surface area contributed by atoms with Crippen LogP contribution in [0, 0.1) is 0 Å². The fraction of sp³-hybridized carbons (Fsp3) is 0.450. The van der Waals surface area contributed by atoms with Crippen LogP contribution in [-0.4, -0.2) is 32.8 Å². The average Bonchev–Trinajstić information content (AvgIpc) is 3.31. The molecule has 0 saturated heterocycles. The van der Waals surface area contributed by atoms with Gasteiger partial charge in [-0.3, -0.25) is 9.48 Å². The Balaban J connectivity index is 1.96. The Morgan fingerprint density at radius 1 is 1.27 bits per heavy atom. The highest BCUT2D eigenvalue weighted by atomic mass is 16.4. The normalized spacial score (nSPS) is 15.7. The monoisotopic (exact) mass is 355 g/mol.